The van der Waals surface area contributed by atoms with E-state index in [0.717, 1.165) is 5.92 Å². The van der Waals surface area contributed by atoms with E-state index in [4.69, 9.17) is 0 Å². The highest BCUT2D eigenvalue weighted by Gasteiger charge is 2.22. The van der Waals surface area contributed by atoms with Gasteiger partial charge in [0.15, 0.2) is 0 Å². The lowest BCUT2D eigenvalue weighted by molar-refractivity contribution is 0.299. The molecule has 106 valence electrons. The third-order valence-corrected chi connectivity index (χ3v) is 4.35. The minimum absolute atomic E-state index is 0.492. The molecular weight excluding hydrogens is 232 g/mol. The van der Waals surface area contributed by atoms with E-state index in [2.05, 4.69) is 54.5 Å². The summed E-state index contributed by atoms with van der Waals surface area (Å²) in [6.45, 7) is 6.14. The molecule has 0 bridgehead atoms. The molecule has 0 amide bonds. The zero-order valence-corrected chi connectivity index (χ0v) is 12.4. The first kappa shape index (κ1) is 14.5. The highest BCUT2D eigenvalue weighted by molar-refractivity contribution is 5.18. The molecule has 1 aliphatic rings. The third kappa shape index (κ3) is 4.32. The van der Waals surface area contributed by atoms with Crippen molar-refractivity contribution in [2.45, 2.75) is 38.6 Å². The van der Waals surface area contributed by atoms with Crippen molar-refractivity contribution in [3.8, 4) is 0 Å². The van der Waals surface area contributed by atoms with Gasteiger partial charge < -0.3 is 10.2 Å². The van der Waals surface area contributed by atoms with Crippen molar-refractivity contribution in [2.24, 2.45) is 5.92 Å². The van der Waals surface area contributed by atoms with Gasteiger partial charge in [0.1, 0.15) is 0 Å². The van der Waals surface area contributed by atoms with E-state index in [1.165, 1.54) is 50.9 Å². The maximum Gasteiger partial charge on any atom is 0.0329 e. The highest BCUT2D eigenvalue weighted by atomic mass is 15.1. The van der Waals surface area contributed by atoms with E-state index in [1.54, 1.807) is 0 Å². The van der Waals surface area contributed by atoms with Crippen LogP contribution in [0.3, 0.4) is 0 Å². The van der Waals surface area contributed by atoms with Crippen LogP contribution in [0.4, 0.5) is 0 Å². The summed E-state index contributed by atoms with van der Waals surface area (Å²) in [6, 6.07) is 11.3. The Kier molecular flexibility index (Phi) is 5.87. The summed E-state index contributed by atoms with van der Waals surface area (Å²) >= 11 is 0. The molecule has 0 radical (unpaired) electrons. The van der Waals surface area contributed by atoms with Crippen LogP contribution in [0, 0.1) is 5.92 Å². The van der Waals surface area contributed by atoms with Crippen LogP contribution in [-0.4, -0.2) is 31.6 Å². The lowest BCUT2D eigenvalue weighted by Gasteiger charge is -2.21. The van der Waals surface area contributed by atoms with Crippen LogP contribution in [0.15, 0.2) is 30.3 Å². The van der Waals surface area contributed by atoms with Gasteiger partial charge in [-0.05, 0) is 50.9 Å². The van der Waals surface area contributed by atoms with Crippen LogP contribution >= 0.6 is 0 Å². The molecule has 0 spiro atoms. The molecule has 2 heteroatoms. The van der Waals surface area contributed by atoms with Crippen LogP contribution in [0.25, 0.3) is 0 Å². The van der Waals surface area contributed by atoms with Crippen LogP contribution in [-0.2, 0) is 0 Å². The average Bonchev–Trinajstić information content (AvgIpc) is 2.89. The smallest absolute Gasteiger partial charge is 0.0329 e. The Morgan fingerprint density at radius 3 is 2.79 bits per heavy atom. The van der Waals surface area contributed by atoms with Crippen molar-refractivity contribution in [1.29, 1.82) is 0 Å². The fourth-order valence-electron chi connectivity index (χ4n) is 3.23. The molecule has 1 aliphatic heterocycles. The Labute approximate surface area is 118 Å². The molecule has 1 aromatic rings. The van der Waals surface area contributed by atoms with Crippen LogP contribution in [0.5, 0.6) is 0 Å². The molecular formula is C17H28N2. The van der Waals surface area contributed by atoms with E-state index in [0.29, 0.717) is 6.04 Å². The Balaban J connectivity index is 1.78. The number of likely N-dealkylation sites (tertiary alicyclic amines) is 1. The van der Waals surface area contributed by atoms with Gasteiger partial charge in [0, 0.05) is 12.6 Å². The minimum Gasteiger partial charge on any atom is -0.313 e. The van der Waals surface area contributed by atoms with Crippen molar-refractivity contribution in [3.05, 3.63) is 35.9 Å². The van der Waals surface area contributed by atoms with E-state index in [-0.39, 0.29) is 0 Å². The first-order valence-corrected chi connectivity index (χ1v) is 7.78. The highest BCUT2D eigenvalue weighted by Crippen LogP contribution is 2.23. The SMILES string of the molecule is CCCC1CCN(CCC(NC)c2ccccc2)C1. The Bertz CT molecular complexity index is 350. The maximum atomic E-state index is 3.45. The summed E-state index contributed by atoms with van der Waals surface area (Å²) in [5.74, 6) is 0.953. The quantitative estimate of drug-likeness (QED) is 0.807. The second kappa shape index (κ2) is 7.66. The van der Waals surface area contributed by atoms with Crippen molar-refractivity contribution in [3.63, 3.8) is 0 Å². The van der Waals surface area contributed by atoms with Gasteiger partial charge in [-0.15, -0.1) is 0 Å². The zero-order valence-electron chi connectivity index (χ0n) is 12.4. The number of hydrogen-bond donors (Lipinski definition) is 1. The first-order chi connectivity index (χ1) is 9.33. The van der Waals surface area contributed by atoms with E-state index in [9.17, 15) is 0 Å². The van der Waals surface area contributed by atoms with E-state index >= 15 is 0 Å². The van der Waals surface area contributed by atoms with E-state index < -0.39 is 0 Å². The average molecular weight is 260 g/mol. The standard InChI is InChI=1S/C17H28N2/c1-3-7-15-10-12-19(14-15)13-11-17(18-2)16-8-5-4-6-9-16/h4-6,8-9,15,17-18H,3,7,10-14H2,1-2H3. The Hall–Kier alpha value is -0.860. The Morgan fingerprint density at radius 1 is 1.32 bits per heavy atom. The second-order valence-electron chi connectivity index (χ2n) is 5.78. The summed E-state index contributed by atoms with van der Waals surface area (Å²) in [6.07, 6.45) is 5.36. The molecule has 0 saturated carbocycles. The summed E-state index contributed by atoms with van der Waals surface area (Å²) in [7, 11) is 2.07. The largest absolute Gasteiger partial charge is 0.313 e. The fraction of sp³-hybridized carbons (Fsp3) is 0.647. The van der Waals surface area contributed by atoms with Crippen LogP contribution in [0.1, 0.15) is 44.2 Å². The molecule has 1 fully saturated rings. The third-order valence-electron chi connectivity index (χ3n) is 4.35. The van der Waals surface area contributed by atoms with Crippen LogP contribution in [0.2, 0.25) is 0 Å². The van der Waals surface area contributed by atoms with Gasteiger partial charge in [0.25, 0.3) is 0 Å². The minimum atomic E-state index is 0.492. The van der Waals surface area contributed by atoms with Gasteiger partial charge in [-0.2, -0.15) is 0 Å². The van der Waals surface area contributed by atoms with Crippen molar-refractivity contribution in [1.82, 2.24) is 10.2 Å². The predicted octanol–water partition coefficient (Wildman–Crippen LogP) is 3.46. The summed E-state index contributed by atoms with van der Waals surface area (Å²) in [5, 5.41) is 3.45. The first-order valence-electron chi connectivity index (χ1n) is 7.78. The number of rotatable bonds is 7. The second-order valence-corrected chi connectivity index (χ2v) is 5.78. The van der Waals surface area contributed by atoms with Crippen LogP contribution < -0.4 is 5.32 Å². The summed E-state index contributed by atoms with van der Waals surface area (Å²) in [4.78, 5) is 2.65. The number of nitrogens with zero attached hydrogens (tertiary/aromatic N) is 1. The normalized spacial score (nSPS) is 21.7. The van der Waals surface area contributed by atoms with Crippen molar-refractivity contribution >= 4 is 0 Å². The molecule has 2 rings (SSSR count). The molecule has 0 aliphatic carbocycles. The monoisotopic (exact) mass is 260 g/mol. The number of benzene rings is 1. The van der Waals surface area contributed by atoms with Gasteiger partial charge in [-0.25, -0.2) is 0 Å². The molecule has 2 atom stereocenters. The molecule has 1 N–H and O–H groups in total. The fourth-order valence-corrected chi connectivity index (χ4v) is 3.23. The number of hydrogen-bond acceptors (Lipinski definition) is 2. The van der Waals surface area contributed by atoms with Gasteiger partial charge in [0.05, 0.1) is 0 Å². The van der Waals surface area contributed by atoms with Crippen molar-refractivity contribution < 1.29 is 0 Å². The topological polar surface area (TPSA) is 15.3 Å². The summed E-state index contributed by atoms with van der Waals surface area (Å²) in [5.41, 5.74) is 1.41. The molecule has 0 aromatic heterocycles. The molecule has 1 aromatic carbocycles. The van der Waals surface area contributed by atoms with Gasteiger partial charge >= 0.3 is 0 Å². The molecule has 1 saturated heterocycles. The molecule has 2 nitrogen and oxygen atoms in total. The lowest BCUT2D eigenvalue weighted by atomic mass is 10.0. The van der Waals surface area contributed by atoms with Gasteiger partial charge in [0.2, 0.25) is 0 Å². The van der Waals surface area contributed by atoms with Crippen molar-refractivity contribution in [2.75, 3.05) is 26.7 Å². The summed E-state index contributed by atoms with van der Waals surface area (Å²) < 4.78 is 0. The maximum absolute atomic E-state index is 3.45. The van der Waals surface area contributed by atoms with E-state index in [1.807, 2.05) is 0 Å². The molecule has 19 heavy (non-hydrogen) atoms. The number of nitrogens with one attached hydrogen (secondary N) is 1. The zero-order chi connectivity index (χ0) is 13.5. The van der Waals surface area contributed by atoms with Gasteiger partial charge in [-0.1, -0.05) is 43.7 Å². The lowest BCUT2D eigenvalue weighted by Crippen LogP contribution is -2.26. The molecule has 2 unspecified atom stereocenters. The van der Waals surface area contributed by atoms with Gasteiger partial charge in [-0.3, -0.25) is 0 Å². The Morgan fingerprint density at radius 2 is 2.11 bits per heavy atom. The predicted molar refractivity (Wildman–Crippen MR) is 82.3 cm³/mol. The molecule has 1 heterocycles.